The van der Waals surface area contributed by atoms with Crippen LogP contribution in [0.3, 0.4) is 0 Å². The molecule has 1 fully saturated rings. The highest BCUT2D eigenvalue weighted by molar-refractivity contribution is 5.93. The van der Waals surface area contributed by atoms with Crippen molar-refractivity contribution in [2.75, 3.05) is 20.1 Å². The van der Waals surface area contributed by atoms with Crippen LogP contribution in [0.5, 0.6) is 0 Å². The van der Waals surface area contributed by atoms with Crippen LogP contribution in [0, 0.1) is 6.92 Å². The molecular formula is C19H27N5O3. The highest BCUT2D eigenvalue weighted by atomic mass is 16.3. The summed E-state index contributed by atoms with van der Waals surface area (Å²) in [4.78, 5) is 26.4. The van der Waals surface area contributed by atoms with Crippen LogP contribution in [0.1, 0.15) is 35.3 Å². The van der Waals surface area contributed by atoms with Gasteiger partial charge in [-0.15, -0.1) is 0 Å². The van der Waals surface area contributed by atoms with E-state index in [1.807, 2.05) is 30.9 Å². The molecule has 8 heteroatoms. The lowest BCUT2D eigenvalue weighted by molar-refractivity contribution is -0.122. The van der Waals surface area contributed by atoms with Crippen LogP contribution < -0.4 is 10.6 Å². The van der Waals surface area contributed by atoms with Gasteiger partial charge in [-0.25, -0.2) is 0 Å². The van der Waals surface area contributed by atoms with Gasteiger partial charge >= 0.3 is 0 Å². The summed E-state index contributed by atoms with van der Waals surface area (Å²) >= 11 is 0. The number of likely N-dealkylation sites (N-methyl/N-ethyl adjacent to an activating group) is 1. The summed E-state index contributed by atoms with van der Waals surface area (Å²) in [5.74, 6) is -0.0778. The van der Waals surface area contributed by atoms with Crippen molar-refractivity contribution >= 4 is 11.8 Å². The van der Waals surface area contributed by atoms with Gasteiger partial charge in [0.15, 0.2) is 0 Å². The smallest absolute Gasteiger partial charge is 0.254 e. The summed E-state index contributed by atoms with van der Waals surface area (Å²) in [5.41, 5.74) is 1.50. The number of aromatic nitrogens is 2. The van der Waals surface area contributed by atoms with Crippen molar-refractivity contribution < 1.29 is 14.0 Å². The average Bonchev–Trinajstić information content (AvgIpc) is 3.37. The molecule has 0 aliphatic carbocycles. The highest BCUT2D eigenvalue weighted by Gasteiger charge is 2.31. The Labute approximate surface area is 158 Å². The van der Waals surface area contributed by atoms with Crippen molar-refractivity contribution in [1.82, 2.24) is 25.3 Å². The number of nitrogens with zero attached hydrogens (tertiary/aromatic N) is 3. The van der Waals surface area contributed by atoms with Crippen LogP contribution in [0.25, 0.3) is 0 Å². The molecule has 1 aliphatic rings. The van der Waals surface area contributed by atoms with Gasteiger partial charge in [-0.05, 0) is 38.9 Å². The van der Waals surface area contributed by atoms with Crippen LogP contribution in [0.15, 0.2) is 35.3 Å². The number of furan rings is 1. The molecule has 3 rings (SSSR count). The Kier molecular flexibility index (Phi) is 6.28. The second-order valence-electron chi connectivity index (χ2n) is 7.05. The van der Waals surface area contributed by atoms with E-state index in [-0.39, 0.29) is 23.9 Å². The van der Waals surface area contributed by atoms with Crippen molar-refractivity contribution in [2.24, 2.45) is 0 Å². The number of aryl methyl sites for hydroxylation is 1. The Morgan fingerprint density at radius 2 is 2.07 bits per heavy atom. The van der Waals surface area contributed by atoms with E-state index in [1.54, 1.807) is 6.07 Å². The molecule has 2 atom stereocenters. The molecule has 2 amide bonds. The summed E-state index contributed by atoms with van der Waals surface area (Å²) in [7, 11) is 2.02. The molecule has 8 nitrogen and oxygen atoms in total. The van der Waals surface area contributed by atoms with E-state index in [4.69, 9.17) is 4.42 Å². The third-order valence-corrected chi connectivity index (χ3v) is 5.12. The van der Waals surface area contributed by atoms with E-state index in [9.17, 15) is 9.59 Å². The average molecular weight is 373 g/mol. The molecule has 0 radical (unpaired) electrons. The van der Waals surface area contributed by atoms with Gasteiger partial charge in [0.25, 0.3) is 5.91 Å². The Bertz CT molecular complexity index is 755. The zero-order chi connectivity index (χ0) is 19.2. The molecule has 146 valence electrons. The second kappa shape index (κ2) is 8.85. The van der Waals surface area contributed by atoms with Gasteiger partial charge in [0, 0.05) is 37.8 Å². The standard InChI is InChI=1S/C19H27N5O3/c1-14-5-8-24(22-14)9-7-20-18(25)11-16-3-4-17(23(16)2)12-21-19(26)15-6-10-27-13-15/h5-6,8,10,13,16-17H,3-4,7,9,11-12H2,1-2H3,(H,20,25)(H,21,26)/t16-,17+/m1/s1. The second-order valence-corrected chi connectivity index (χ2v) is 7.05. The van der Waals surface area contributed by atoms with E-state index < -0.39 is 0 Å². The number of amides is 2. The Balaban J connectivity index is 1.37. The number of hydrogen-bond donors (Lipinski definition) is 2. The molecule has 1 saturated heterocycles. The van der Waals surface area contributed by atoms with Crippen molar-refractivity contribution in [3.63, 3.8) is 0 Å². The molecule has 0 unspecified atom stereocenters. The maximum atomic E-state index is 12.2. The van der Waals surface area contributed by atoms with E-state index in [1.165, 1.54) is 12.5 Å². The Morgan fingerprint density at radius 1 is 1.26 bits per heavy atom. The number of hydrogen-bond acceptors (Lipinski definition) is 5. The van der Waals surface area contributed by atoms with Gasteiger partial charge in [0.05, 0.1) is 24.1 Å². The van der Waals surface area contributed by atoms with Crippen molar-refractivity contribution in [3.8, 4) is 0 Å². The fraction of sp³-hybridized carbons (Fsp3) is 0.526. The zero-order valence-corrected chi connectivity index (χ0v) is 15.9. The first-order valence-electron chi connectivity index (χ1n) is 9.32. The predicted molar refractivity (Wildman–Crippen MR) is 100 cm³/mol. The molecule has 0 saturated carbocycles. The molecular weight excluding hydrogens is 346 g/mol. The lowest BCUT2D eigenvalue weighted by Gasteiger charge is -2.25. The fourth-order valence-corrected chi connectivity index (χ4v) is 3.47. The van der Waals surface area contributed by atoms with Crippen molar-refractivity contribution in [3.05, 3.63) is 42.1 Å². The molecule has 0 aromatic carbocycles. The van der Waals surface area contributed by atoms with E-state index in [2.05, 4.69) is 20.6 Å². The molecule has 1 aliphatic heterocycles. The Morgan fingerprint density at radius 3 is 2.78 bits per heavy atom. The molecule has 27 heavy (non-hydrogen) atoms. The largest absolute Gasteiger partial charge is 0.472 e. The summed E-state index contributed by atoms with van der Waals surface area (Å²) in [6.45, 7) is 3.75. The van der Waals surface area contributed by atoms with E-state index in [0.717, 1.165) is 18.5 Å². The van der Waals surface area contributed by atoms with E-state index >= 15 is 0 Å². The predicted octanol–water partition coefficient (Wildman–Crippen LogP) is 1.18. The van der Waals surface area contributed by atoms with Crippen molar-refractivity contribution in [2.45, 2.75) is 44.8 Å². The molecule has 2 aromatic rings. The summed E-state index contributed by atoms with van der Waals surface area (Å²) in [5, 5.41) is 10.2. The van der Waals surface area contributed by atoms with Crippen LogP contribution in [0.2, 0.25) is 0 Å². The SMILES string of the molecule is Cc1ccn(CCNC(=O)C[C@H]2CC[C@@H](CNC(=O)c3ccoc3)N2C)n1. The maximum absolute atomic E-state index is 12.2. The third kappa shape index (κ3) is 5.19. The highest BCUT2D eigenvalue weighted by Crippen LogP contribution is 2.24. The summed E-state index contributed by atoms with van der Waals surface area (Å²) < 4.78 is 6.76. The molecule has 2 aromatic heterocycles. The first-order valence-corrected chi connectivity index (χ1v) is 9.32. The number of likely N-dealkylation sites (tertiary alicyclic amines) is 1. The third-order valence-electron chi connectivity index (χ3n) is 5.12. The van der Waals surface area contributed by atoms with Gasteiger partial charge in [-0.1, -0.05) is 0 Å². The van der Waals surface area contributed by atoms with Gasteiger partial charge in [0.2, 0.25) is 5.91 Å². The van der Waals surface area contributed by atoms with Crippen LogP contribution >= 0.6 is 0 Å². The maximum Gasteiger partial charge on any atom is 0.254 e. The Hall–Kier alpha value is -2.61. The summed E-state index contributed by atoms with van der Waals surface area (Å²) in [6, 6.07) is 4.03. The number of rotatable bonds is 8. The molecule has 0 spiro atoms. The lowest BCUT2D eigenvalue weighted by Crippen LogP contribution is -2.42. The lowest BCUT2D eigenvalue weighted by atomic mass is 10.1. The van der Waals surface area contributed by atoms with Crippen LogP contribution in [-0.4, -0.2) is 58.7 Å². The van der Waals surface area contributed by atoms with Crippen LogP contribution in [0.4, 0.5) is 0 Å². The topological polar surface area (TPSA) is 92.4 Å². The minimum Gasteiger partial charge on any atom is -0.472 e. The number of nitrogens with one attached hydrogen (secondary N) is 2. The monoisotopic (exact) mass is 373 g/mol. The van der Waals surface area contributed by atoms with Crippen LogP contribution in [-0.2, 0) is 11.3 Å². The first kappa shape index (κ1) is 19.2. The van der Waals surface area contributed by atoms with Gasteiger partial charge in [-0.2, -0.15) is 5.10 Å². The molecule has 2 N–H and O–H groups in total. The number of carbonyl (C=O) groups excluding carboxylic acids is 2. The number of carbonyl (C=O) groups is 2. The minimum absolute atomic E-state index is 0.0545. The summed E-state index contributed by atoms with van der Waals surface area (Å²) in [6.07, 6.45) is 7.22. The zero-order valence-electron chi connectivity index (χ0n) is 15.9. The first-order chi connectivity index (χ1) is 13.0. The molecule has 0 bridgehead atoms. The normalized spacial score (nSPS) is 19.9. The minimum atomic E-state index is -0.132. The fourth-order valence-electron chi connectivity index (χ4n) is 3.47. The van der Waals surface area contributed by atoms with E-state index in [0.29, 0.717) is 31.6 Å². The van der Waals surface area contributed by atoms with Gasteiger partial charge in [0.1, 0.15) is 6.26 Å². The van der Waals surface area contributed by atoms with Gasteiger partial charge < -0.3 is 15.1 Å². The van der Waals surface area contributed by atoms with Gasteiger partial charge in [-0.3, -0.25) is 19.2 Å². The van der Waals surface area contributed by atoms with Crippen molar-refractivity contribution in [1.29, 1.82) is 0 Å². The quantitative estimate of drug-likeness (QED) is 0.725. The molecule has 3 heterocycles.